The van der Waals surface area contributed by atoms with E-state index in [-0.39, 0.29) is 17.4 Å². The third-order valence-electron chi connectivity index (χ3n) is 6.48. The fraction of sp³-hybridized carbons (Fsp3) is 0.444. The lowest BCUT2D eigenvalue weighted by molar-refractivity contribution is -0.193. The van der Waals surface area contributed by atoms with Crippen LogP contribution in [0.3, 0.4) is 0 Å². The summed E-state index contributed by atoms with van der Waals surface area (Å²) < 4.78 is 63.5. The lowest BCUT2D eigenvalue weighted by Crippen LogP contribution is -2.45. The van der Waals surface area contributed by atoms with Crippen molar-refractivity contribution in [1.29, 1.82) is 0 Å². The van der Waals surface area contributed by atoms with E-state index in [2.05, 4.69) is 21.3 Å². The van der Waals surface area contributed by atoms with Gasteiger partial charge in [-0.25, -0.2) is 14.4 Å². The van der Waals surface area contributed by atoms with Crippen molar-refractivity contribution in [1.82, 2.24) is 19.7 Å². The van der Waals surface area contributed by atoms with Gasteiger partial charge in [-0.2, -0.15) is 26.3 Å². The predicted molar refractivity (Wildman–Crippen MR) is 143 cm³/mol. The Morgan fingerprint density at radius 3 is 1.98 bits per heavy atom. The van der Waals surface area contributed by atoms with Crippen molar-refractivity contribution >= 4 is 29.6 Å². The number of pyridine rings is 1. The van der Waals surface area contributed by atoms with Crippen LogP contribution in [-0.2, 0) is 20.9 Å². The maximum Gasteiger partial charge on any atom is 0.490 e. The van der Waals surface area contributed by atoms with Crippen molar-refractivity contribution in [3.05, 3.63) is 60.4 Å². The minimum Gasteiger partial charge on any atom is -0.475 e. The number of anilines is 1. The molecule has 0 saturated carbocycles. The van der Waals surface area contributed by atoms with Gasteiger partial charge in [0, 0.05) is 75.7 Å². The van der Waals surface area contributed by atoms with Gasteiger partial charge in [0.1, 0.15) is 0 Å². The Morgan fingerprint density at radius 2 is 1.50 bits per heavy atom. The molecule has 1 aromatic heterocycles. The number of likely N-dealkylation sites (tertiary alicyclic amines) is 1. The zero-order valence-corrected chi connectivity index (χ0v) is 23.4. The molecule has 11 nitrogen and oxygen atoms in total. The standard InChI is InChI=1S/C23H29N5O2.2C2HF3O2/c1-2-27-17-23(13-21(27)29)16-26(15-19-7-6-10-24-14-19)11-12-28(18-23)22(30)25-20-8-4-3-5-9-20;2*3-2(4,5)1(6)7/h3-10,14H,2,11-13,15-18H2,1H3,(H,25,30);2*(H,6,7). The molecule has 2 aliphatic rings. The summed E-state index contributed by atoms with van der Waals surface area (Å²) in [7, 11) is 0. The first-order valence-corrected chi connectivity index (χ1v) is 13.1. The molecule has 0 bridgehead atoms. The molecule has 44 heavy (non-hydrogen) atoms. The second kappa shape index (κ2) is 15.4. The average Bonchev–Trinajstić information content (AvgIpc) is 3.14. The summed E-state index contributed by atoms with van der Waals surface area (Å²) >= 11 is 0. The van der Waals surface area contributed by atoms with Crippen LogP contribution in [0.2, 0.25) is 0 Å². The van der Waals surface area contributed by atoms with E-state index < -0.39 is 24.3 Å². The lowest BCUT2D eigenvalue weighted by Gasteiger charge is -2.33. The van der Waals surface area contributed by atoms with Crippen LogP contribution in [0.15, 0.2) is 54.9 Å². The van der Waals surface area contributed by atoms with Crippen molar-refractivity contribution in [3.8, 4) is 0 Å². The van der Waals surface area contributed by atoms with Crippen LogP contribution in [0.5, 0.6) is 0 Å². The van der Waals surface area contributed by atoms with E-state index in [4.69, 9.17) is 19.8 Å². The van der Waals surface area contributed by atoms with E-state index in [1.54, 1.807) is 6.20 Å². The van der Waals surface area contributed by atoms with Crippen LogP contribution in [0, 0.1) is 5.41 Å². The van der Waals surface area contributed by atoms with Gasteiger partial charge in [0.15, 0.2) is 0 Å². The van der Waals surface area contributed by atoms with Crippen molar-refractivity contribution in [2.24, 2.45) is 5.41 Å². The van der Waals surface area contributed by atoms with Crippen LogP contribution < -0.4 is 5.32 Å². The van der Waals surface area contributed by atoms with Crippen LogP contribution in [0.25, 0.3) is 0 Å². The molecule has 17 heteroatoms. The highest BCUT2D eigenvalue weighted by Crippen LogP contribution is 2.35. The Morgan fingerprint density at radius 1 is 0.909 bits per heavy atom. The van der Waals surface area contributed by atoms with E-state index in [0.29, 0.717) is 32.6 Å². The Hall–Kier alpha value is -4.41. The number of carbonyl (C=O) groups excluding carboxylic acids is 2. The molecule has 2 saturated heterocycles. The molecule has 2 aliphatic heterocycles. The van der Waals surface area contributed by atoms with Gasteiger partial charge in [-0.3, -0.25) is 14.7 Å². The average molecular weight is 636 g/mol. The summed E-state index contributed by atoms with van der Waals surface area (Å²) in [4.78, 5) is 53.8. The first kappa shape index (κ1) is 35.8. The second-order valence-corrected chi connectivity index (χ2v) is 9.98. The Labute approximate surface area is 248 Å². The first-order chi connectivity index (χ1) is 20.5. The summed E-state index contributed by atoms with van der Waals surface area (Å²) in [6, 6.07) is 13.4. The third-order valence-corrected chi connectivity index (χ3v) is 6.48. The number of aliphatic carboxylic acids is 2. The molecule has 3 amide bonds. The molecule has 0 radical (unpaired) electrons. The zero-order chi connectivity index (χ0) is 33.1. The maximum absolute atomic E-state index is 13.0. The van der Waals surface area contributed by atoms with Gasteiger partial charge in [-0.1, -0.05) is 24.3 Å². The SMILES string of the molecule is CCN1CC2(CC1=O)CN(Cc1cccnc1)CCN(C(=O)Nc1ccccc1)C2.O=C(O)C(F)(F)F.O=C(O)C(F)(F)F. The van der Waals surface area contributed by atoms with Gasteiger partial charge in [-0.05, 0) is 30.7 Å². The number of carboxylic acids is 2. The first-order valence-electron chi connectivity index (χ1n) is 13.1. The number of aromatic nitrogens is 1. The number of hydrogen-bond donors (Lipinski definition) is 3. The molecule has 3 heterocycles. The van der Waals surface area contributed by atoms with E-state index in [0.717, 1.165) is 30.9 Å². The number of benzene rings is 1. The molecule has 242 valence electrons. The predicted octanol–water partition coefficient (Wildman–Crippen LogP) is 3.94. The van der Waals surface area contributed by atoms with Crippen molar-refractivity contribution in [2.45, 2.75) is 32.2 Å². The molecule has 4 rings (SSSR count). The van der Waals surface area contributed by atoms with Crippen LogP contribution >= 0.6 is 0 Å². The summed E-state index contributed by atoms with van der Waals surface area (Å²) in [6.07, 6.45) is -6.02. The van der Waals surface area contributed by atoms with Gasteiger partial charge in [0.2, 0.25) is 5.91 Å². The number of alkyl halides is 6. The van der Waals surface area contributed by atoms with E-state index in [1.807, 2.05) is 59.3 Å². The Balaban J connectivity index is 0.000000402. The fourth-order valence-electron chi connectivity index (χ4n) is 4.61. The number of urea groups is 1. The number of hydrogen-bond acceptors (Lipinski definition) is 6. The minimum atomic E-state index is -5.08. The third kappa shape index (κ3) is 11.3. The normalized spacial score (nSPS) is 18.8. The lowest BCUT2D eigenvalue weighted by atomic mass is 9.86. The van der Waals surface area contributed by atoms with Gasteiger partial charge >= 0.3 is 30.3 Å². The van der Waals surface area contributed by atoms with E-state index >= 15 is 0 Å². The highest BCUT2D eigenvalue weighted by molar-refractivity contribution is 5.89. The quantitative estimate of drug-likeness (QED) is 0.429. The largest absolute Gasteiger partial charge is 0.490 e. The highest BCUT2D eigenvalue weighted by Gasteiger charge is 2.47. The van der Waals surface area contributed by atoms with E-state index in [1.165, 1.54) is 0 Å². The molecule has 2 aromatic rings. The number of halogens is 6. The van der Waals surface area contributed by atoms with E-state index in [9.17, 15) is 35.9 Å². The van der Waals surface area contributed by atoms with Crippen LogP contribution in [0.1, 0.15) is 18.9 Å². The summed E-state index contributed by atoms with van der Waals surface area (Å²) in [5, 5.41) is 17.3. The molecule has 1 unspecified atom stereocenters. The number of nitrogens with one attached hydrogen (secondary N) is 1. The summed E-state index contributed by atoms with van der Waals surface area (Å²) in [5.74, 6) is -5.33. The Bertz CT molecular complexity index is 1240. The molecule has 1 spiro atoms. The zero-order valence-electron chi connectivity index (χ0n) is 23.4. The van der Waals surface area contributed by atoms with Crippen molar-refractivity contribution < 1.29 is 55.7 Å². The molecule has 3 N–H and O–H groups in total. The number of para-hydroxylation sites is 1. The van der Waals surface area contributed by atoms with Crippen molar-refractivity contribution in [3.63, 3.8) is 0 Å². The van der Waals surface area contributed by atoms with Gasteiger partial charge in [-0.15, -0.1) is 0 Å². The van der Waals surface area contributed by atoms with Gasteiger partial charge < -0.3 is 25.3 Å². The van der Waals surface area contributed by atoms with Gasteiger partial charge in [0.25, 0.3) is 0 Å². The van der Waals surface area contributed by atoms with Crippen LogP contribution in [0.4, 0.5) is 36.8 Å². The Kier molecular flexibility index (Phi) is 12.5. The molecular formula is C27H31F6N5O6. The molecular weight excluding hydrogens is 604 g/mol. The fourth-order valence-corrected chi connectivity index (χ4v) is 4.61. The minimum absolute atomic E-state index is 0.105. The monoisotopic (exact) mass is 635 g/mol. The van der Waals surface area contributed by atoms with Crippen molar-refractivity contribution in [2.75, 3.05) is 44.6 Å². The maximum atomic E-state index is 13.0. The summed E-state index contributed by atoms with van der Waals surface area (Å²) in [6.45, 7) is 6.95. The molecule has 1 aromatic carbocycles. The number of carboxylic acid groups (broad SMARTS) is 2. The topological polar surface area (TPSA) is 143 Å². The number of carbonyl (C=O) groups is 4. The number of amides is 3. The smallest absolute Gasteiger partial charge is 0.475 e. The van der Waals surface area contributed by atoms with Crippen LogP contribution in [-0.4, -0.2) is 105 Å². The van der Waals surface area contributed by atoms with Gasteiger partial charge in [0.05, 0.1) is 0 Å². The number of nitrogens with zero attached hydrogens (tertiary/aromatic N) is 4. The molecule has 1 atom stereocenters. The highest BCUT2D eigenvalue weighted by atomic mass is 19.4. The number of rotatable bonds is 4. The molecule has 0 aliphatic carbocycles. The summed E-state index contributed by atoms with van der Waals surface area (Å²) in [5.41, 5.74) is 1.68. The second-order valence-electron chi connectivity index (χ2n) is 9.98. The molecule has 2 fully saturated rings.